The lowest BCUT2D eigenvalue weighted by atomic mass is 9.83. The van der Waals surface area contributed by atoms with E-state index in [9.17, 15) is 0 Å². The lowest BCUT2D eigenvalue weighted by molar-refractivity contribution is 0.458. The van der Waals surface area contributed by atoms with Crippen molar-refractivity contribution in [3.63, 3.8) is 0 Å². The number of rotatable bonds is 1. The van der Waals surface area contributed by atoms with E-state index in [1.54, 1.807) is 5.56 Å². The Balaban J connectivity index is 2.18. The average molecular weight is 267 g/mol. The maximum absolute atomic E-state index is 3.76. The topological polar surface area (TPSA) is 0 Å². The Hall–Kier alpha value is -0.300. The fourth-order valence-electron chi connectivity index (χ4n) is 2.45. The molecule has 1 aromatic carbocycles. The fraction of sp³-hybridized carbons (Fsp3) is 0.571. The third kappa shape index (κ3) is 2.63. The first-order valence-corrected chi connectivity index (χ1v) is 6.79. The number of halogens is 1. The van der Waals surface area contributed by atoms with Gasteiger partial charge in [-0.15, -0.1) is 0 Å². The summed E-state index contributed by atoms with van der Waals surface area (Å²) >= 11 is 3.76. The maximum Gasteiger partial charge on any atom is 0.0151 e. The monoisotopic (exact) mass is 266 g/mol. The van der Waals surface area contributed by atoms with E-state index < -0.39 is 0 Å². The summed E-state index contributed by atoms with van der Waals surface area (Å²) in [5, 5.41) is 0. The van der Waals surface area contributed by atoms with E-state index in [0.717, 1.165) is 10.7 Å². The Morgan fingerprint density at radius 2 is 1.93 bits per heavy atom. The van der Waals surface area contributed by atoms with Gasteiger partial charge in [-0.3, -0.25) is 0 Å². The molecule has 0 N–H and O–H groups in total. The molecular formula is C14H19Br. The van der Waals surface area contributed by atoms with E-state index in [-0.39, 0.29) is 0 Å². The second-order valence-electron chi connectivity index (χ2n) is 4.80. The summed E-state index contributed by atoms with van der Waals surface area (Å²) in [4.78, 5) is 0.734. The van der Waals surface area contributed by atoms with Crippen LogP contribution in [0.25, 0.3) is 0 Å². The Morgan fingerprint density at radius 1 is 1.13 bits per heavy atom. The van der Waals surface area contributed by atoms with Gasteiger partial charge in [-0.25, -0.2) is 0 Å². The van der Waals surface area contributed by atoms with Crippen LogP contribution in [0.1, 0.15) is 48.3 Å². The van der Waals surface area contributed by atoms with Gasteiger partial charge in [0.15, 0.2) is 0 Å². The molecule has 0 nitrogen and oxygen atoms in total. The summed E-state index contributed by atoms with van der Waals surface area (Å²) in [5.41, 5.74) is 4.39. The molecule has 0 heterocycles. The van der Waals surface area contributed by atoms with Gasteiger partial charge in [-0.1, -0.05) is 40.5 Å². The highest BCUT2D eigenvalue weighted by molar-refractivity contribution is 9.09. The Kier molecular flexibility index (Phi) is 3.50. The van der Waals surface area contributed by atoms with Crippen molar-refractivity contribution in [3.8, 4) is 0 Å². The molecule has 0 bridgehead atoms. The van der Waals surface area contributed by atoms with Crippen LogP contribution < -0.4 is 0 Å². The third-order valence-corrected chi connectivity index (χ3v) is 4.44. The van der Waals surface area contributed by atoms with Gasteiger partial charge in [-0.05, 0) is 55.7 Å². The average Bonchev–Trinajstić information content (AvgIpc) is 2.22. The van der Waals surface area contributed by atoms with E-state index in [2.05, 4.69) is 48.0 Å². The first kappa shape index (κ1) is 11.2. The zero-order valence-electron chi connectivity index (χ0n) is 9.59. The molecule has 2 rings (SSSR count). The van der Waals surface area contributed by atoms with Gasteiger partial charge in [-0.2, -0.15) is 0 Å². The molecule has 0 radical (unpaired) electrons. The highest BCUT2D eigenvalue weighted by Gasteiger charge is 2.21. The fourth-order valence-corrected chi connectivity index (χ4v) is 3.23. The van der Waals surface area contributed by atoms with Crippen molar-refractivity contribution < 1.29 is 0 Å². The minimum Gasteiger partial charge on any atom is -0.0890 e. The summed E-state index contributed by atoms with van der Waals surface area (Å²) < 4.78 is 0. The molecule has 0 aromatic heterocycles. The number of benzene rings is 1. The highest BCUT2D eigenvalue weighted by Crippen LogP contribution is 2.36. The lowest BCUT2D eigenvalue weighted by Gasteiger charge is -2.26. The van der Waals surface area contributed by atoms with Crippen molar-refractivity contribution in [2.75, 3.05) is 0 Å². The largest absolute Gasteiger partial charge is 0.0890 e. The first-order chi connectivity index (χ1) is 7.16. The van der Waals surface area contributed by atoms with E-state index in [0.29, 0.717) is 0 Å². The standard InChI is InChI=1S/C14H19Br/c1-10-6-7-13(8-11(10)2)12-4-3-5-14(15)9-12/h6-8,12,14H,3-5,9H2,1-2H3. The molecule has 0 saturated heterocycles. The number of aryl methyl sites for hydroxylation is 2. The molecule has 2 atom stereocenters. The van der Waals surface area contributed by atoms with E-state index >= 15 is 0 Å². The zero-order chi connectivity index (χ0) is 10.8. The van der Waals surface area contributed by atoms with Crippen molar-refractivity contribution in [2.45, 2.75) is 50.3 Å². The van der Waals surface area contributed by atoms with Crippen molar-refractivity contribution >= 4 is 15.9 Å². The van der Waals surface area contributed by atoms with E-state index in [4.69, 9.17) is 0 Å². The second kappa shape index (κ2) is 4.69. The molecule has 2 unspecified atom stereocenters. The van der Waals surface area contributed by atoms with Crippen molar-refractivity contribution in [3.05, 3.63) is 34.9 Å². The van der Waals surface area contributed by atoms with Crippen LogP contribution in [0.2, 0.25) is 0 Å². The van der Waals surface area contributed by atoms with Gasteiger partial charge >= 0.3 is 0 Å². The Morgan fingerprint density at radius 3 is 2.60 bits per heavy atom. The highest BCUT2D eigenvalue weighted by atomic mass is 79.9. The summed E-state index contributed by atoms with van der Waals surface area (Å²) in [6, 6.07) is 6.96. The molecule has 1 aromatic rings. The van der Waals surface area contributed by atoms with Gasteiger partial charge < -0.3 is 0 Å². The Labute approximate surface area is 101 Å². The minimum atomic E-state index is 0.734. The normalized spacial score (nSPS) is 26.6. The number of alkyl halides is 1. The summed E-state index contributed by atoms with van der Waals surface area (Å²) in [6.45, 7) is 4.40. The van der Waals surface area contributed by atoms with Gasteiger partial charge in [0.1, 0.15) is 0 Å². The van der Waals surface area contributed by atoms with Crippen LogP contribution in [0.3, 0.4) is 0 Å². The molecular weight excluding hydrogens is 248 g/mol. The van der Waals surface area contributed by atoms with Crippen LogP contribution >= 0.6 is 15.9 Å². The molecule has 1 fully saturated rings. The van der Waals surface area contributed by atoms with Crippen molar-refractivity contribution in [1.29, 1.82) is 0 Å². The van der Waals surface area contributed by atoms with Crippen molar-refractivity contribution in [1.82, 2.24) is 0 Å². The second-order valence-corrected chi connectivity index (χ2v) is 6.10. The van der Waals surface area contributed by atoms with Crippen molar-refractivity contribution in [2.24, 2.45) is 0 Å². The van der Waals surface area contributed by atoms with E-state index in [1.165, 1.54) is 36.8 Å². The molecule has 1 aliphatic rings. The van der Waals surface area contributed by atoms with Gasteiger partial charge in [0.2, 0.25) is 0 Å². The molecule has 82 valence electrons. The summed E-state index contributed by atoms with van der Waals surface area (Å²) in [6.07, 6.45) is 5.39. The van der Waals surface area contributed by atoms with Gasteiger partial charge in [0, 0.05) is 4.83 Å². The zero-order valence-corrected chi connectivity index (χ0v) is 11.2. The molecule has 1 heteroatoms. The summed E-state index contributed by atoms with van der Waals surface area (Å²) in [7, 11) is 0. The first-order valence-electron chi connectivity index (χ1n) is 5.88. The van der Waals surface area contributed by atoms with Gasteiger partial charge in [0.05, 0.1) is 0 Å². The van der Waals surface area contributed by atoms with E-state index in [1.807, 2.05) is 0 Å². The van der Waals surface area contributed by atoms with Crippen LogP contribution in [0.15, 0.2) is 18.2 Å². The molecule has 0 spiro atoms. The quantitative estimate of drug-likeness (QED) is 0.645. The SMILES string of the molecule is Cc1ccc(C2CCCC(Br)C2)cc1C. The van der Waals surface area contributed by atoms with Crippen LogP contribution in [0.4, 0.5) is 0 Å². The number of hydrogen-bond acceptors (Lipinski definition) is 0. The Bertz CT molecular complexity index is 343. The smallest absolute Gasteiger partial charge is 0.0151 e. The molecule has 0 amide bonds. The molecule has 1 saturated carbocycles. The molecule has 15 heavy (non-hydrogen) atoms. The lowest BCUT2D eigenvalue weighted by Crippen LogP contribution is -2.13. The van der Waals surface area contributed by atoms with Crippen LogP contribution in [0.5, 0.6) is 0 Å². The third-order valence-electron chi connectivity index (χ3n) is 3.61. The molecule has 0 aliphatic heterocycles. The summed E-state index contributed by atoms with van der Waals surface area (Å²) in [5.74, 6) is 0.780. The minimum absolute atomic E-state index is 0.734. The van der Waals surface area contributed by atoms with Crippen LogP contribution in [-0.4, -0.2) is 4.83 Å². The van der Waals surface area contributed by atoms with Crippen LogP contribution in [0, 0.1) is 13.8 Å². The molecule has 1 aliphatic carbocycles. The maximum atomic E-state index is 3.76. The van der Waals surface area contributed by atoms with Crippen LogP contribution in [-0.2, 0) is 0 Å². The van der Waals surface area contributed by atoms with Gasteiger partial charge in [0.25, 0.3) is 0 Å². The number of hydrogen-bond donors (Lipinski definition) is 0. The predicted molar refractivity (Wildman–Crippen MR) is 69.8 cm³/mol. The predicted octanol–water partition coefficient (Wildman–Crippen LogP) is 4.72.